The average molecular weight is 497 g/mol. The molecular weight excluding hydrogens is 470 g/mol. The van der Waals surface area contributed by atoms with Crippen molar-refractivity contribution in [3.8, 4) is 11.6 Å². The van der Waals surface area contributed by atoms with Crippen LogP contribution in [0.15, 0.2) is 29.4 Å². The van der Waals surface area contributed by atoms with Crippen LogP contribution < -0.4 is 9.64 Å². The van der Waals surface area contributed by atoms with Gasteiger partial charge in [-0.1, -0.05) is 0 Å². The number of anilines is 1. The van der Waals surface area contributed by atoms with Gasteiger partial charge in [0, 0.05) is 31.4 Å². The molecule has 0 N–H and O–H groups in total. The molecule has 2 aliphatic heterocycles. The smallest absolute Gasteiger partial charge is 0.410 e. The van der Waals surface area contributed by atoms with Crippen LogP contribution in [-0.4, -0.2) is 66.4 Å². The van der Waals surface area contributed by atoms with Crippen molar-refractivity contribution < 1.29 is 31.5 Å². The van der Waals surface area contributed by atoms with E-state index in [9.17, 15) is 17.6 Å². The van der Waals surface area contributed by atoms with Crippen LogP contribution in [-0.2, 0) is 14.6 Å². The molecule has 0 radical (unpaired) electrons. The maximum atomic E-state index is 15.4. The van der Waals surface area contributed by atoms with Gasteiger partial charge in [0.25, 0.3) is 5.88 Å². The number of nitrogens with zero attached hydrogens (tertiary/aromatic N) is 4. The summed E-state index contributed by atoms with van der Waals surface area (Å²) >= 11 is 0. The second-order valence-electron chi connectivity index (χ2n) is 9.46. The number of halogens is 2. The van der Waals surface area contributed by atoms with Crippen LogP contribution >= 0.6 is 0 Å². The van der Waals surface area contributed by atoms with E-state index < -0.39 is 39.0 Å². The van der Waals surface area contributed by atoms with Crippen LogP contribution in [0, 0.1) is 11.6 Å². The lowest BCUT2D eigenvalue weighted by Crippen LogP contribution is -2.56. The molecule has 34 heavy (non-hydrogen) atoms. The van der Waals surface area contributed by atoms with E-state index in [4.69, 9.17) is 9.47 Å². The molecule has 9 nitrogen and oxygen atoms in total. The molecule has 0 saturated carbocycles. The monoisotopic (exact) mass is 496 g/mol. The Labute approximate surface area is 196 Å². The molecule has 2 aliphatic rings. The zero-order valence-corrected chi connectivity index (χ0v) is 20.1. The van der Waals surface area contributed by atoms with Gasteiger partial charge >= 0.3 is 6.09 Å². The normalized spacial score (nSPS) is 20.4. The molecule has 0 aliphatic carbocycles. The number of likely N-dealkylation sites (tertiary alicyclic amines) is 1. The lowest BCUT2D eigenvalue weighted by atomic mass is 10.2. The minimum absolute atomic E-state index is 0.00880. The van der Waals surface area contributed by atoms with Crippen LogP contribution in [0.2, 0.25) is 0 Å². The Kier molecular flexibility index (Phi) is 6.13. The summed E-state index contributed by atoms with van der Waals surface area (Å²) in [7, 11) is -3.61. The highest BCUT2D eigenvalue weighted by molar-refractivity contribution is 7.90. The molecule has 2 bridgehead atoms. The summed E-state index contributed by atoms with van der Waals surface area (Å²) in [6.45, 7) is 6.10. The molecule has 3 heterocycles. The predicted molar refractivity (Wildman–Crippen MR) is 119 cm³/mol. The summed E-state index contributed by atoms with van der Waals surface area (Å²) in [5.41, 5.74) is -0.618. The fraction of sp³-hybridized carbons (Fsp3) is 0.500. The van der Waals surface area contributed by atoms with Gasteiger partial charge in [-0.2, -0.15) is 9.37 Å². The first-order valence-electron chi connectivity index (χ1n) is 10.8. The molecular formula is C22H26F2N4O5S. The third-order valence-electron chi connectivity index (χ3n) is 5.66. The maximum absolute atomic E-state index is 15.4. The van der Waals surface area contributed by atoms with Gasteiger partial charge < -0.3 is 19.3 Å². The summed E-state index contributed by atoms with van der Waals surface area (Å²) in [6, 6.07) is 2.74. The Morgan fingerprint density at radius 3 is 2.32 bits per heavy atom. The van der Waals surface area contributed by atoms with Gasteiger partial charge in [-0.15, -0.1) is 0 Å². The number of benzene rings is 1. The van der Waals surface area contributed by atoms with Crippen LogP contribution in [0.3, 0.4) is 0 Å². The number of sulfone groups is 1. The van der Waals surface area contributed by atoms with E-state index in [1.54, 1.807) is 25.7 Å². The second kappa shape index (κ2) is 8.64. The van der Waals surface area contributed by atoms with E-state index in [1.807, 2.05) is 4.90 Å². The summed E-state index contributed by atoms with van der Waals surface area (Å²) < 4.78 is 63.8. The van der Waals surface area contributed by atoms with Crippen LogP contribution in [0.4, 0.5) is 19.4 Å². The van der Waals surface area contributed by atoms with E-state index in [-0.39, 0.29) is 28.5 Å². The second-order valence-corrected chi connectivity index (χ2v) is 11.5. The van der Waals surface area contributed by atoms with Gasteiger partial charge in [0.15, 0.2) is 27.2 Å². The molecule has 4 rings (SSSR count). The third-order valence-corrected chi connectivity index (χ3v) is 6.77. The van der Waals surface area contributed by atoms with E-state index >= 15 is 4.39 Å². The number of hydrogen-bond donors (Lipinski definition) is 0. The first kappa shape index (κ1) is 24.1. The van der Waals surface area contributed by atoms with E-state index in [0.29, 0.717) is 13.1 Å². The number of fused-ring (bicyclic) bond motifs is 2. The molecule has 1 amide bonds. The van der Waals surface area contributed by atoms with E-state index in [1.165, 1.54) is 6.07 Å². The first-order valence-corrected chi connectivity index (χ1v) is 12.7. The number of piperazine rings is 1. The van der Waals surface area contributed by atoms with Crippen molar-refractivity contribution in [2.75, 3.05) is 24.2 Å². The minimum atomic E-state index is -3.61. The maximum Gasteiger partial charge on any atom is 0.410 e. The zero-order chi connectivity index (χ0) is 24.8. The summed E-state index contributed by atoms with van der Waals surface area (Å²) in [6.07, 6.45) is 3.14. The van der Waals surface area contributed by atoms with E-state index in [0.717, 1.165) is 37.6 Å². The topological polar surface area (TPSA) is 102 Å². The molecule has 0 spiro atoms. The van der Waals surface area contributed by atoms with Crippen molar-refractivity contribution in [1.82, 2.24) is 14.9 Å². The Balaban J connectivity index is 1.55. The van der Waals surface area contributed by atoms with Gasteiger partial charge in [-0.3, -0.25) is 0 Å². The lowest BCUT2D eigenvalue weighted by Gasteiger charge is -2.41. The third kappa shape index (κ3) is 4.91. The number of carbonyl (C=O) groups is 1. The van der Waals surface area contributed by atoms with Crippen molar-refractivity contribution in [1.29, 1.82) is 0 Å². The zero-order valence-electron chi connectivity index (χ0n) is 19.3. The Hall–Kier alpha value is -3.02. The van der Waals surface area contributed by atoms with Crippen molar-refractivity contribution in [3.05, 3.63) is 36.2 Å². The molecule has 1 aromatic heterocycles. The van der Waals surface area contributed by atoms with Gasteiger partial charge in [0.05, 0.1) is 4.90 Å². The SMILES string of the molecule is CC(C)(C)OC(=O)N1CC2CCC(C1)N2c1ncnc(Oc2ccc(S(C)(=O)=O)cc2F)c1F. The van der Waals surface area contributed by atoms with Gasteiger partial charge in [-0.05, 0) is 51.8 Å². The number of hydrogen-bond acceptors (Lipinski definition) is 8. The quantitative estimate of drug-likeness (QED) is 0.634. The summed E-state index contributed by atoms with van der Waals surface area (Å²) in [5.74, 6) is -2.67. The highest BCUT2D eigenvalue weighted by Gasteiger charge is 2.44. The van der Waals surface area contributed by atoms with Crippen LogP contribution in [0.1, 0.15) is 33.6 Å². The predicted octanol–water partition coefficient (Wildman–Crippen LogP) is 3.54. The summed E-state index contributed by atoms with van der Waals surface area (Å²) in [5, 5.41) is 0. The number of aromatic nitrogens is 2. The molecule has 184 valence electrons. The highest BCUT2D eigenvalue weighted by atomic mass is 32.2. The van der Waals surface area contributed by atoms with Gasteiger partial charge in [-0.25, -0.2) is 22.6 Å². The summed E-state index contributed by atoms with van der Waals surface area (Å²) in [4.78, 5) is 23.6. The number of rotatable bonds is 4. The fourth-order valence-corrected chi connectivity index (χ4v) is 4.85. The average Bonchev–Trinajstić information content (AvgIpc) is 2.97. The molecule has 2 saturated heterocycles. The molecule has 2 aromatic rings. The molecule has 1 aromatic carbocycles. The van der Waals surface area contributed by atoms with Crippen molar-refractivity contribution in [2.24, 2.45) is 0 Å². The number of ether oxygens (including phenoxy) is 2. The largest absolute Gasteiger partial charge is 0.444 e. The Morgan fingerprint density at radius 2 is 1.76 bits per heavy atom. The first-order chi connectivity index (χ1) is 15.8. The van der Waals surface area contributed by atoms with Crippen molar-refractivity contribution >= 4 is 21.7 Å². The van der Waals surface area contributed by atoms with Gasteiger partial charge in [0.2, 0.25) is 5.82 Å². The van der Waals surface area contributed by atoms with Crippen LogP contribution in [0.25, 0.3) is 0 Å². The van der Waals surface area contributed by atoms with Gasteiger partial charge in [0.1, 0.15) is 11.9 Å². The Bertz CT molecular complexity index is 1200. The standard InChI is InChI=1S/C22H26F2N4O5S/c1-22(2,3)33-21(29)27-10-13-5-6-14(11-27)28(13)19-18(24)20(26-12-25-19)32-17-8-7-15(9-16(17)23)34(4,30)31/h7-9,12-14H,5-6,10-11H2,1-4H3. The van der Waals surface area contributed by atoms with Crippen molar-refractivity contribution in [3.63, 3.8) is 0 Å². The molecule has 2 fully saturated rings. The highest BCUT2D eigenvalue weighted by Crippen LogP contribution is 2.38. The number of amides is 1. The Morgan fingerprint density at radius 1 is 1.12 bits per heavy atom. The molecule has 2 atom stereocenters. The lowest BCUT2D eigenvalue weighted by molar-refractivity contribution is 0.0209. The van der Waals surface area contributed by atoms with Crippen molar-refractivity contribution in [2.45, 2.75) is 56.2 Å². The van der Waals surface area contributed by atoms with E-state index in [2.05, 4.69) is 9.97 Å². The van der Waals surface area contributed by atoms with Crippen LogP contribution in [0.5, 0.6) is 11.6 Å². The molecule has 2 unspecified atom stereocenters. The minimum Gasteiger partial charge on any atom is -0.444 e. The number of carbonyl (C=O) groups excluding carboxylic acids is 1. The molecule has 12 heteroatoms. The fourth-order valence-electron chi connectivity index (χ4n) is 4.22.